The summed E-state index contributed by atoms with van der Waals surface area (Å²) in [5.74, 6) is 0.0170. The molecule has 0 heterocycles. The third-order valence-electron chi connectivity index (χ3n) is 1.71. The molecule has 0 aromatic heterocycles. The smallest absolute Gasteiger partial charge is 0.213 e. The Hall–Kier alpha value is 0.310. The van der Waals surface area contributed by atoms with E-state index in [1.165, 1.54) is 0 Å². The first kappa shape index (κ1) is 16.3. The number of halogens is 1. The number of nitrogens with one attached hydrogen (secondary N) is 1. The lowest BCUT2D eigenvalue weighted by atomic mass is 10.5. The van der Waals surface area contributed by atoms with Crippen LogP contribution in [-0.2, 0) is 19.5 Å². The van der Waals surface area contributed by atoms with Crippen molar-refractivity contribution in [3.05, 3.63) is 0 Å². The molecule has 0 aliphatic rings. The molecule has 0 bridgehead atoms. The molecule has 0 spiro atoms. The molecule has 0 unspecified atom stereocenters. The van der Waals surface area contributed by atoms with E-state index in [1.807, 2.05) is 6.92 Å². The van der Waals surface area contributed by atoms with Crippen LogP contribution in [0, 0.1) is 0 Å². The van der Waals surface area contributed by atoms with Crippen LogP contribution in [0.25, 0.3) is 0 Å². The predicted molar refractivity (Wildman–Crippen MR) is 67.5 cm³/mol. The molecule has 0 saturated heterocycles. The summed E-state index contributed by atoms with van der Waals surface area (Å²) >= 11 is 3.24. The summed E-state index contributed by atoms with van der Waals surface area (Å²) in [4.78, 5) is 0. The Morgan fingerprint density at radius 3 is 2.56 bits per heavy atom. The Bertz CT molecular complexity index is 246. The van der Waals surface area contributed by atoms with Gasteiger partial charge in [-0.1, -0.05) is 15.9 Å². The fraction of sp³-hybridized carbons (Fsp3) is 1.00. The van der Waals surface area contributed by atoms with Gasteiger partial charge in [0.2, 0.25) is 10.0 Å². The maximum Gasteiger partial charge on any atom is 0.213 e. The Morgan fingerprint density at radius 1 is 1.19 bits per heavy atom. The van der Waals surface area contributed by atoms with Crippen molar-refractivity contribution in [3.63, 3.8) is 0 Å². The first-order chi connectivity index (χ1) is 7.62. The maximum atomic E-state index is 11.4. The monoisotopic (exact) mass is 317 g/mol. The van der Waals surface area contributed by atoms with Gasteiger partial charge in [-0.15, -0.1) is 0 Å². The van der Waals surface area contributed by atoms with Gasteiger partial charge in [0.05, 0.1) is 19.0 Å². The molecule has 0 aromatic rings. The van der Waals surface area contributed by atoms with E-state index in [1.54, 1.807) is 0 Å². The number of hydrogen-bond acceptors (Lipinski definition) is 4. The summed E-state index contributed by atoms with van der Waals surface area (Å²) < 4.78 is 35.4. The number of rotatable bonds is 11. The molecule has 0 aliphatic heterocycles. The molecule has 0 fully saturated rings. The van der Waals surface area contributed by atoms with Crippen molar-refractivity contribution in [2.75, 3.05) is 44.1 Å². The Morgan fingerprint density at radius 2 is 1.94 bits per heavy atom. The molecular weight excluding hydrogens is 298 g/mol. The third-order valence-corrected chi connectivity index (χ3v) is 3.38. The molecule has 0 rings (SSSR count). The lowest BCUT2D eigenvalue weighted by Crippen LogP contribution is -2.29. The molecule has 7 heteroatoms. The summed E-state index contributed by atoms with van der Waals surface area (Å²) in [5.41, 5.74) is 0. The Labute approximate surface area is 106 Å². The summed E-state index contributed by atoms with van der Waals surface area (Å²) in [5, 5.41) is 0.799. The van der Waals surface area contributed by atoms with Crippen LogP contribution in [0.3, 0.4) is 0 Å². The van der Waals surface area contributed by atoms with E-state index in [-0.39, 0.29) is 12.4 Å². The summed E-state index contributed by atoms with van der Waals surface area (Å²) in [6.07, 6.45) is 0.681. The van der Waals surface area contributed by atoms with E-state index in [0.717, 1.165) is 5.33 Å². The number of alkyl halides is 1. The SMILES string of the molecule is CCOCCS(=O)(=O)NCCCOCCBr. The fourth-order valence-corrected chi connectivity index (χ4v) is 2.11. The molecular formula is C9H20BrNO4S. The van der Waals surface area contributed by atoms with Crippen LogP contribution in [0.15, 0.2) is 0 Å². The van der Waals surface area contributed by atoms with Gasteiger partial charge in [0.25, 0.3) is 0 Å². The van der Waals surface area contributed by atoms with Crippen molar-refractivity contribution >= 4 is 26.0 Å². The average Bonchev–Trinajstić information content (AvgIpc) is 2.23. The van der Waals surface area contributed by atoms with E-state index in [2.05, 4.69) is 20.7 Å². The molecule has 98 valence electrons. The second kappa shape index (κ2) is 10.5. The predicted octanol–water partition coefficient (Wildman–Crippen LogP) is 0.744. The molecule has 0 amide bonds. The van der Waals surface area contributed by atoms with E-state index >= 15 is 0 Å². The van der Waals surface area contributed by atoms with Crippen molar-refractivity contribution in [2.24, 2.45) is 0 Å². The van der Waals surface area contributed by atoms with E-state index in [4.69, 9.17) is 9.47 Å². The topological polar surface area (TPSA) is 64.6 Å². The van der Waals surface area contributed by atoms with Crippen LogP contribution < -0.4 is 4.72 Å². The fourth-order valence-electron chi connectivity index (χ4n) is 0.944. The van der Waals surface area contributed by atoms with E-state index in [0.29, 0.717) is 32.8 Å². The molecule has 0 aliphatic carbocycles. The molecule has 1 N–H and O–H groups in total. The third kappa shape index (κ3) is 10.8. The highest BCUT2D eigenvalue weighted by Crippen LogP contribution is 1.89. The first-order valence-electron chi connectivity index (χ1n) is 5.31. The minimum absolute atomic E-state index is 0.0170. The molecule has 0 radical (unpaired) electrons. The number of ether oxygens (including phenoxy) is 2. The van der Waals surface area contributed by atoms with Gasteiger partial charge in [0, 0.05) is 25.1 Å². The Kier molecular flexibility index (Phi) is 10.7. The van der Waals surface area contributed by atoms with Crippen LogP contribution in [-0.4, -0.2) is 52.5 Å². The average molecular weight is 318 g/mol. The van der Waals surface area contributed by atoms with E-state index in [9.17, 15) is 8.42 Å². The number of sulfonamides is 1. The van der Waals surface area contributed by atoms with Gasteiger partial charge in [-0.05, 0) is 13.3 Å². The first-order valence-corrected chi connectivity index (χ1v) is 8.08. The lowest BCUT2D eigenvalue weighted by molar-refractivity contribution is 0.149. The maximum absolute atomic E-state index is 11.4. The van der Waals surface area contributed by atoms with Gasteiger partial charge >= 0.3 is 0 Å². The molecule has 0 saturated carbocycles. The second-order valence-electron chi connectivity index (χ2n) is 3.07. The quantitative estimate of drug-likeness (QED) is 0.451. The van der Waals surface area contributed by atoms with Gasteiger partial charge in [0.15, 0.2) is 0 Å². The minimum atomic E-state index is -3.19. The number of hydrogen-bond donors (Lipinski definition) is 1. The van der Waals surface area contributed by atoms with Crippen LogP contribution in [0.5, 0.6) is 0 Å². The summed E-state index contributed by atoms with van der Waals surface area (Å²) in [6.45, 7) is 4.25. The van der Waals surface area contributed by atoms with Crippen molar-refractivity contribution in [1.29, 1.82) is 0 Å². The molecule has 0 aromatic carbocycles. The largest absolute Gasteiger partial charge is 0.381 e. The molecule has 16 heavy (non-hydrogen) atoms. The highest BCUT2D eigenvalue weighted by Gasteiger charge is 2.08. The van der Waals surface area contributed by atoms with Gasteiger partial charge in [0.1, 0.15) is 0 Å². The highest BCUT2D eigenvalue weighted by atomic mass is 79.9. The summed E-state index contributed by atoms with van der Waals surface area (Å²) in [6, 6.07) is 0. The zero-order chi connectivity index (χ0) is 12.3. The van der Waals surface area contributed by atoms with Crippen molar-refractivity contribution in [1.82, 2.24) is 4.72 Å². The van der Waals surface area contributed by atoms with Crippen molar-refractivity contribution in [2.45, 2.75) is 13.3 Å². The van der Waals surface area contributed by atoms with Crippen molar-refractivity contribution in [3.8, 4) is 0 Å². The van der Waals surface area contributed by atoms with Gasteiger partial charge in [-0.2, -0.15) is 0 Å². The summed E-state index contributed by atoms with van der Waals surface area (Å²) in [7, 11) is -3.19. The second-order valence-corrected chi connectivity index (χ2v) is 5.78. The minimum Gasteiger partial charge on any atom is -0.381 e. The van der Waals surface area contributed by atoms with Crippen molar-refractivity contribution < 1.29 is 17.9 Å². The van der Waals surface area contributed by atoms with Crippen LogP contribution >= 0.6 is 15.9 Å². The molecule has 5 nitrogen and oxygen atoms in total. The standard InChI is InChI=1S/C9H20BrNO4S/c1-2-14-8-9-16(12,13)11-5-3-6-15-7-4-10/h11H,2-9H2,1H3. The highest BCUT2D eigenvalue weighted by molar-refractivity contribution is 9.09. The Balaban J connectivity index is 3.43. The van der Waals surface area contributed by atoms with Crippen LogP contribution in [0.2, 0.25) is 0 Å². The van der Waals surface area contributed by atoms with Crippen LogP contribution in [0.1, 0.15) is 13.3 Å². The van der Waals surface area contributed by atoms with Gasteiger partial charge in [-0.3, -0.25) is 0 Å². The normalized spacial score (nSPS) is 11.9. The van der Waals surface area contributed by atoms with Gasteiger partial charge in [-0.25, -0.2) is 13.1 Å². The van der Waals surface area contributed by atoms with E-state index < -0.39 is 10.0 Å². The zero-order valence-electron chi connectivity index (χ0n) is 9.58. The van der Waals surface area contributed by atoms with Gasteiger partial charge < -0.3 is 9.47 Å². The molecule has 0 atom stereocenters. The zero-order valence-corrected chi connectivity index (χ0v) is 12.0. The van der Waals surface area contributed by atoms with Crippen LogP contribution in [0.4, 0.5) is 0 Å². The lowest BCUT2D eigenvalue weighted by Gasteiger charge is -2.06.